The van der Waals surface area contributed by atoms with Crippen LogP contribution in [0.1, 0.15) is 16.8 Å². The number of rotatable bonds is 2. The highest BCUT2D eigenvalue weighted by atomic mass is 79.9. The first-order valence-corrected chi connectivity index (χ1v) is 6.17. The largest absolute Gasteiger partial charge is 0.248 e. The molecule has 0 aliphatic heterocycles. The first-order chi connectivity index (χ1) is 8.13. The van der Waals surface area contributed by atoms with Crippen LogP contribution in [-0.2, 0) is 6.54 Å². The molecule has 0 atom stereocenters. The Kier molecular flexibility index (Phi) is 3.51. The molecule has 1 aromatic carbocycles. The van der Waals surface area contributed by atoms with Crippen LogP contribution in [0.4, 0.5) is 0 Å². The van der Waals surface area contributed by atoms with E-state index >= 15 is 0 Å². The quantitative estimate of drug-likeness (QED) is 0.851. The lowest BCUT2D eigenvalue weighted by molar-refractivity contribution is 0.678. The zero-order chi connectivity index (χ0) is 12.4. The van der Waals surface area contributed by atoms with E-state index in [1.165, 1.54) is 0 Å². The van der Waals surface area contributed by atoms with Gasteiger partial charge in [0.25, 0.3) is 0 Å². The fourth-order valence-corrected chi connectivity index (χ4v) is 2.26. The molecule has 0 amide bonds. The van der Waals surface area contributed by atoms with Crippen LogP contribution >= 0.6 is 27.5 Å². The number of hydrogen-bond donors (Lipinski definition) is 0. The van der Waals surface area contributed by atoms with Crippen molar-refractivity contribution >= 4 is 27.5 Å². The Hall–Kier alpha value is -1.31. The Bertz CT molecular complexity index is 598. The zero-order valence-electron chi connectivity index (χ0n) is 9.11. The van der Waals surface area contributed by atoms with E-state index in [0.29, 0.717) is 23.0 Å². The molecule has 1 aromatic heterocycles. The Morgan fingerprint density at radius 1 is 1.47 bits per heavy atom. The van der Waals surface area contributed by atoms with Gasteiger partial charge in [0, 0.05) is 4.47 Å². The van der Waals surface area contributed by atoms with Gasteiger partial charge in [-0.25, -0.2) is 4.68 Å². The van der Waals surface area contributed by atoms with Crippen molar-refractivity contribution in [1.82, 2.24) is 9.78 Å². The van der Waals surface area contributed by atoms with Crippen molar-refractivity contribution in [2.75, 3.05) is 0 Å². The normalized spacial score (nSPS) is 10.2. The molecule has 2 aromatic rings. The number of nitriles is 1. The number of benzene rings is 1. The second-order valence-corrected chi connectivity index (χ2v) is 4.82. The van der Waals surface area contributed by atoms with Gasteiger partial charge in [0.1, 0.15) is 16.8 Å². The molecule has 0 saturated carbocycles. The first kappa shape index (κ1) is 12.2. The standard InChI is InChI=1S/C12H9BrClN3/c1-8-10(6-15)12(14)17(16-8)7-9-4-2-3-5-11(9)13/h2-5H,7H2,1H3. The summed E-state index contributed by atoms with van der Waals surface area (Å²) in [5.41, 5.74) is 2.17. The second-order valence-electron chi connectivity index (χ2n) is 3.61. The summed E-state index contributed by atoms with van der Waals surface area (Å²) in [7, 11) is 0. The van der Waals surface area contributed by atoms with E-state index in [1.54, 1.807) is 11.6 Å². The summed E-state index contributed by atoms with van der Waals surface area (Å²) in [4.78, 5) is 0. The molecule has 0 spiro atoms. The first-order valence-electron chi connectivity index (χ1n) is 5.00. The van der Waals surface area contributed by atoms with Gasteiger partial charge >= 0.3 is 0 Å². The molecule has 1 heterocycles. The second kappa shape index (κ2) is 4.91. The van der Waals surface area contributed by atoms with Crippen molar-refractivity contribution < 1.29 is 0 Å². The predicted molar refractivity (Wildman–Crippen MR) is 69.9 cm³/mol. The minimum atomic E-state index is 0.390. The number of nitrogens with zero attached hydrogens (tertiary/aromatic N) is 3. The van der Waals surface area contributed by atoms with Gasteiger partial charge in [-0.2, -0.15) is 10.4 Å². The maximum Gasteiger partial charge on any atom is 0.145 e. The molecule has 0 N–H and O–H groups in total. The van der Waals surface area contributed by atoms with Crippen LogP contribution in [0.5, 0.6) is 0 Å². The Balaban J connectivity index is 2.38. The Labute approximate surface area is 113 Å². The molecule has 0 unspecified atom stereocenters. The Morgan fingerprint density at radius 2 is 2.18 bits per heavy atom. The highest BCUT2D eigenvalue weighted by molar-refractivity contribution is 9.10. The van der Waals surface area contributed by atoms with Gasteiger partial charge in [0.05, 0.1) is 12.2 Å². The van der Waals surface area contributed by atoms with E-state index in [0.717, 1.165) is 10.0 Å². The third-order valence-electron chi connectivity index (χ3n) is 2.46. The third-order valence-corrected chi connectivity index (χ3v) is 3.61. The van der Waals surface area contributed by atoms with Crippen molar-refractivity contribution in [2.45, 2.75) is 13.5 Å². The molecule has 0 saturated heterocycles. The number of hydrogen-bond acceptors (Lipinski definition) is 2. The number of aryl methyl sites for hydroxylation is 1. The summed E-state index contributed by atoms with van der Waals surface area (Å²) in [5.74, 6) is 0. The maximum absolute atomic E-state index is 8.94. The molecule has 0 radical (unpaired) electrons. The van der Waals surface area contributed by atoms with Gasteiger partial charge in [0.15, 0.2) is 0 Å². The molecule has 2 rings (SSSR count). The van der Waals surface area contributed by atoms with Gasteiger partial charge < -0.3 is 0 Å². The molecule has 0 fully saturated rings. The van der Waals surface area contributed by atoms with Gasteiger partial charge in [-0.1, -0.05) is 45.7 Å². The van der Waals surface area contributed by atoms with Crippen LogP contribution in [0.15, 0.2) is 28.7 Å². The fourth-order valence-electron chi connectivity index (χ4n) is 1.57. The van der Waals surface area contributed by atoms with E-state index < -0.39 is 0 Å². The van der Waals surface area contributed by atoms with Crippen molar-refractivity contribution in [1.29, 1.82) is 5.26 Å². The smallest absolute Gasteiger partial charge is 0.145 e. The highest BCUT2D eigenvalue weighted by Gasteiger charge is 2.13. The summed E-state index contributed by atoms with van der Waals surface area (Å²) in [5, 5.41) is 13.6. The van der Waals surface area contributed by atoms with Gasteiger partial charge in [-0.05, 0) is 18.6 Å². The fraction of sp³-hybridized carbons (Fsp3) is 0.167. The van der Waals surface area contributed by atoms with Crippen LogP contribution < -0.4 is 0 Å². The SMILES string of the molecule is Cc1nn(Cc2ccccc2Br)c(Cl)c1C#N. The van der Waals surface area contributed by atoms with Crippen molar-refractivity contribution in [3.63, 3.8) is 0 Å². The van der Waals surface area contributed by atoms with Gasteiger partial charge in [-0.3, -0.25) is 0 Å². The van der Waals surface area contributed by atoms with Crippen LogP contribution in [0.2, 0.25) is 5.15 Å². The van der Waals surface area contributed by atoms with E-state index in [9.17, 15) is 0 Å². The van der Waals surface area contributed by atoms with Crippen LogP contribution in [0.25, 0.3) is 0 Å². The molecule has 86 valence electrons. The Morgan fingerprint density at radius 3 is 2.76 bits per heavy atom. The monoisotopic (exact) mass is 309 g/mol. The zero-order valence-corrected chi connectivity index (χ0v) is 11.5. The minimum Gasteiger partial charge on any atom is -0.248 e. The molecular formula is C12H9BrClN3. The number of halogens is 2. The lowest BCUT2D eigenvalue weighted by atomic mass is 10.2. The molecule has 0 aliphatic rings. The average Bonchev–Trinajstić information content (AvgIpc) is 2.57. The van der Waals surface area contributed by atoms with Crippen molar-refractivity contribution in [3.8, 4) is 6.07 Å². The van der Waals surface area contributed by atoms with Crippen molar-refractivity contribution in [2.24, 2.45) is 0 Å². The van der Waals surface area contributed by atoms with E-state index in [2.05, 4.69) is 27.1 Å². The topological polar surface area (TPSA) is 41.6 Å². The van der Waals surface area contributed by atoms with Crippen LogP contribution in [0.3, 0.4) is 0 Å². The molecule has 17 heavy (non-hydrogen) atoms. The lowest BCUT2D eigenvalue weighted by Gasteiger charge is -2.05. The summed E-state index contributed by atoms with van der Waals surface area (Å²) in [6.07, 6.45) is 0. The molecular weight excluding hydrogens is 302 g/mol. The van der Waals surface area contributed by atoms with E-state index in [4.69, 9.17) is 16.9 Å². The molecule has 0 aliphatic carbocycles. The van der Waals surface area contributed by atoms with Gasteiger partial charge in [-0.15, -0.1) is 0 Å². The maximum atomic E-state index is 8.94. The molecule has 5 heteroatoms. The van der Waals surface area contributed by atoms with Crippen LogP contribution in [-0.4, -0.2) is 9.78 Å². The minimum absolute atomic E-state index is 0.390. The summed E-state index contributed by atoms with van der Waals surface area (Å²) < 4.78 is 2.64. The lowest BCUT2D eigenvalue weighted by Crippen LogP contribution is -2.02. The van der Waals surface area contributed by atoms with Crippen LogP contribution in [0, 0.1) is 18.3 Å². The summed E-state index contributed by atoms with van der Waals surface area (Å²) in [6.45, 7) is 2.32. The van der Waals surface area contributed by atoms with Crippen molar-refractivity contribution in [3.05, 3.63) is 50.7 Å². The molecule has 0 bridgehead atoms. The summed E-state index contributed by atoms with van der Waals surface area (Å²) >= 11 is 9.57. The van der Waals surface area contributed by atoms with Gasteiger partial charge in [0.2, 0.25) is 0 Å². The summed E-state index contributed by atoms with van der Waals surface area (Å²) in [6, 6.07) is 9.91. The predicted octanol–water partition coefficient (Wildman–Crippen LogP) is 3.53. The van der Waals surface area contributed by atoms with E-state index in [-0.39, 0.29) is 0 Å². The third kappa shape index (κ3) is 2.36. The highest BCUT2D eigenvalue weighted by Crippen LogP contribution is 2.22. The average molecular weight is 311 g/mol. The molecule has 3 nitrogen and oxygen atoms in total. The van der Waals surface area contributed by atoms with E-state index in [1.807, 2.05) is 24.3 Å². The number of aromatic nitrogens is 2.